The zero-order valence-electron chi connectivity index (χ0n) is 18.0. The Kier molecular flexibility index (Phi) is 11.9. The molecular weight excluding hydrogens is 572 g/mol. The summed E-state index contributed by atoms with van der Waals surface area (Å²) in [6.45, 7) is 1.78. The van der Waals surface area contributed by atoms with Crippen LogP contribution in [0.2, 0.25) is 6.04 Å². The van der Waals surface area contributed by atoms with Gasteiger partial charge in [-0.15, -0.1) is 0 Å². The van der Waals surface area contributed by atoms with E-state index in [0.717, 1.165) is 0 Å². The largest absolute Gasteiger partial charge is 0.514 e. The Labute approximate surface area is 194 Å². The lowest BCUT2D eigenvalue weighted by Crippen LogP contribution is -2.63. The van der Waals surface area contributed by atoms with Crippen LogP contribution in [0.25, 0.3) is 0 Å². The van der Waals surface area contributed by atoms with Gasteiger partial charge in [0.1, 0.15) is 6.17 Å². The Hall–Kier alpha value is -1.02. The first kappa shape index (κ1) is 35.0. The molecule has 0 aromatic rings. The van der Waals surface area contributed by atoms with Crippen molar-refractivity contribution >= 4 is 8.80 Å². The molecule has 0 aliphatic carbocycles. The van der Waals surface area contributed by atoms with E-state index in [0.29, 0.717) is 25.7 Å². The van der Waals surface area contributed by atoms with Crippen LogP contribution < -0.4 is 0 Å². The first-order valence-electron chi connectivity index (χ1n) is 9.90. The van der Waals surface area contributed by atoms with E-state index < -0.39 is 70.7 Å². The molecule has 0 amide bonds. The molecule has 0 fully saturated rings. The van der Waals surface area contributed by atoms with Gasteiger partial charge in [-0.3, -0.25) is 0 Å². The van der Waals surface area contributed by atoms with Crippen LogP contribution in [-0.4, -0.2) is 51.8 Å². The van der Waals surface area contributed by atoms with Crippen LogP contribution in [0, 0.1) is 0 Å². The SMILES string of the molecule is CCCCCCCC(F)CC[Si](OC(F)(F)C(F)(F)F)(OC(F)(F)C(F)(F)F)OC(F)(F)C(F)(F)F. The number of hydrogen-bond acceptors (Lipinski definition) is 3. The fourth-order valence-corrected chi connectivity index (χ4v) is 5.04. The molecular formula is C16H20F16O3Si. The van der Waals surface area contributed by atoms with E-state index in [4.69, 9.17) is 0 Å². The van der Waals surface area contributed by atoms with Crippen molar-refractivity contribution in [3.8, 4) is 0 Å². The lowest BCUT2D eigenvalue weighted by atomic mass is 10.1. The predicted molar refractivity (Wildman–Crippen MR) is 89.7 cm³/mol. The molecule has 0 saturated heterocycles. The molecule has 0 aliphatic rings. The second kappa shape index (κ2) is 12.2. The molecule has 0 aromatic carbocycles. The van der Waals surface area contributed by atoms with Crippen LogP contribution in [0.3, 0.4) is 0 Å². The quantitative estimate of drug-likeness (QED) is 0.108. The van der Waals surface area contributed by atoms with Crippen LogP contribution >= 0.6 is 0 Å². The number of hydrogen-bond donors (Lipinski definition) is 0. The van der Waals surface area contributed by atoms with Gasteiger partial charge in [0, 0.05) is 6.04 Å². The summed E-state index contributed by atoms with van der Waals surface area (Å²) >= 11 is 0. The third-order valence-electron chi connectivity index (χ3n) is 4.23. The van der Waals surface area contributed by atoms with E-state index in [-0.39, 0.29) is 6.42 Å². The molecule has 1 atom stereocenters. The summed E-state index contributed by atoms with van der Waals surface area (Å²) in [5, 5.41) is 0. The minimum absolute atomic E-state index is 0.0472. The summed E-state index contributed by atoms with van der Waals surface area (Å²) in [5.74, 6) is 0. The molecule has 0 aromatic heterocycles. The van der Waals surface area contributed by atoms with E-state index in [1.807, 2.05) is 0 Å². The number of halogens is 16. The smallest absolute Gasteiger partial charge is 0.306 e. The zero-order chi connectivity index (χ0) is 28.9. The van der Waals surface area contributed by atoms with Crippen LogP contribution in [0.1, 0.15) is 51.9 Å². The van der Waals surface area contributed by atoms with Gasteiger partial charge >= 0.3 is 45.7 Å². The predicted octanol–water partition coefficient (Wildman–Crippen LogP) is 8.53. The topological polar surface area (TPSA) is 27.7 Å². The highest BCUT2D eigenvalue weighted by Crippen LogP contribution is 2.48. The average molecular weight is 592 g/mol. The number of rotatable bonds is 15. The van der Waals surface area contributed by atoms with Crippen LogP contribution in [0.5, 0.6) is 0 Å². The van der Waals surface area contributed by atoms with E-state index in [1.165, 1.54) is 0 Å². The minimum atomic E-state index is -7.80. The van der Waals surface area contributed by atoms with E-state index in [9.17, 15) is 70.2 Å². The molecule has 0 N–H and O–H groups in total. The summed E-state index contributed by atoms with van der Waals surface area (Å²) in [4.78, 5) is 0. The van der Waals surface area contributed by atoms with Crippen LogP contribution in [0.4, 0.5) is 70.2 Å². The third kappa shape index (κ3) is 10.4. The maximum Gasteiger partial charge on any atom is 0.514 e. The van der Waals surface area contributed by atoms with Crippen LogP contribution in [-0.2, 0) is 13.3 Å². The molecule has 36 heavy (non-hydrogen) atoms. The Morgan fingerprint density at radius 3 is 1.17 bits per heavy atom. The first-order valence-corrected chi connectivity index (χ1v) is 11.8. The van der Waals surface area contributed by atoms with Gasteiger partial charge in [-0.05, 0) is 12.8 Å². The fourth-order valence-electron chi connectivity index (χ4n) is 2.42. The second-order valence-corrected chi connectivity index (χ2v) is 9.85. The van der Waals surface area contributed by atoms with Crippen LogP contribution in [0.15, 0.2) is 0 Å². The Balaban J connectivity index is 6.34. The van der Waals surface area contributed by atoms with E-state index in [1.54, 1.807) is 6.92 Å². The lowest BCUT2D eigenvalue weighted by molar-refractivity contribution is -0.421. The van der Waals surface area contributed by atoms with Crippen molar-refractivity contribution in [3.05, 3.63) is 0 Å². The molecule has 218 valence electrons. The zero-order valence-corrected chi connectivity index (χ0v) is 19.0. The molecule has 0 radical (unpaired) electrons. The van der Waals surface area contributed by atoms with Crippen molar-refractivity contribution in [1.82, 2.24) is 0 Å². The van der Waals surface area contributed by atoms with E-state index >= 15 is 0 Å². The Morgan fingerprint density at radius 2 is 0.861 bits per heavy atom. The third-order valence-corrected chi connectivity index (χ3v) is 6.83. The molecule has 0 rings (SSSR count). The highest BCUT2D eigenvalue weighted by Gasteiger charge is 2.74. The maximum absolute atomic E-state index is 14.1. The Morgan fingerprint density at radius 1 is 0.528 bits per heavy atom. The molecule has 0 bridgehead atoms. The molecule has 0 aliphatic heterocycles. The molecule has 20 heteroatoms. The highest BCUT2D eigenvalue weighted by molar-refractivity contribution is 6.61. The standard InChI is InChI=1S/C16H20F16O3Si/c1-2-3-4-5-6-7-10(17)8-9-36(33-14(27,28)11(18,19)20,34-15(29,30)12(21,22)23)35-16(31,32)13(24,25)26/h10H,2-9H2,1H3. The van der Waals surface area contributed by atoms with Gasteiger partial charge < -0.3 is 13.3 Å². The fraction of sp³-hybridized carbons (Fsp3) is 1.00. The van der Waals surface area contributed by atoms with Gasteiger partial charge in [0.25, 0.3) is 0 Å². The van der Waals surface area contributed by atoms with Gasteiger partial charge in [-0.2, -0.15) is 65.9 Å². The van der Waals surface area contributed by atoms with Crippen molar-refractivity contribution in [2.24, 2.45) is 0 Å². The lowest BCUT2D eigenvalue weighted by Gasteiger charge is -2.38. The van der Waals surface area contributed by atoms with Gasteiger partial charge in [0.05, 0.1) is 0 Å². The first-order chi connectivity index (χ1) is 15.8. The molecule has 3 nitrogen and oxygen atoms in total. The maximum atomic E-state index is 14.1. The molecule has 1 unspecified atom stereocenters. The number of unbranched alkanes of at least 4 members (excludes halogenated alkanes) is 4. The summed E-state index contributed by atoms with van der Waals surface area (Å²) in [6, 6.07) is -2.47. The summed E-state index contributed by atoms with van der Waals surface area (Å²) in [5.41, 5.74) is 0. The van der Waals surface area contributed by atoms with Gasteiger partial charge in [-0.25, -0.2) is 4.39 Å². The van der Waals surface area contributed by atoms with Crippen molar-refractivity contribution in [3.63, 3.8) is 0 Å². The monoisotopic (exact) mass is 592 g/mol. The average Bonchev–Trinajstić information content (AvgIpc) is 2.62. The van der Waals surface area contributed by atoms with Crippen molar-refractivity contribution in [1.29, 1.82) is 0 Å². The van der Waals surface area contributed by atoms with E-state index in [2.05, 4.69) is 13.3 Å². The Bertz CT molecular complexity index is 592. The summed E-state index contributed by atoms with van der Waals surface area (Å²) < 4.78 is 215. The van der Waals surface area contributed by atoms with Crippen molar-refractivity contribution in [2.45, 2.75) is 101 Å². The van der Waals surface area contributed by atoms with Gasteiger partial charge in [0.2, 0.25) is 0 Å². The summed E-state index contributed by atoms with van der Waals surface area (Å²) in [7, 11) is -7.80. The molecule has 0 heterocycles. The normalized spacial score (nSPS) is 15.9. The van der Waals surface area contributed by atoms with Crippen molar-refractivity contribution < 1.29 is 83.5 Å². The molecule has 0 spiro atoms. The van der Waals surface area contributed by atoms with Gasteiger partial charge in [-0.1, -0.05) is 39.0 Å². The van der Waals surface area contributed by atoms with Crippen molar-refractivity contribution in [2.75, 3.05) is 0 Å². The van der Waals surface area contributed by atoms with Gasteiger partial charge in [0.15, 0.2) is 0 Å². The number of alkyl halides is 16. The summed E-state index contributed by atoms with van der Waals surface area (Å²) in [6.07, 6.45) is -44.5. The molecule has 0 saturated carbocycles. The minimum Gasteiger partial charge on any atom is -0.306 e. The second-order valence-electron chi connectivity index (χ2n) is 7.37. The highest BCUT2D eigenvalue weighted by atomic mass is 28.4.